The molecule has 1 aromatic carbocycles. The summed E-state index contributed by atoms with van der Waals surface area (Å²) in [6, 6.07) is 2.14. The fourth-order valence-electron chi connectivity index (χ4n) is 2.32. The molecule has 1 aromatic heterocycles. The van der Waals surface area contributed by atoms with Crippen molar-refractivity contribution in [2.24, 2.45) is 5.73 Å². The van der Waals surface area contributed by atoms with E-state index in [1.54, 1.807) is 0 Å². The predicted octanol–water partition coefficient (Wildman–Crippen LogP) is 1.58. The highest BCUT2D eigenvalue weighted by Gasteiger charge is 2.13. The van der Waals surface area contributed by atoms with Gasteiger partial charge in [-0.05, 0) is 48.6 Å². The number of aromatic nitrogens is 3. The molecule has 0 amide bonds. The number of rotatable bonds is 4. The molecule has 1 heterocycles. The molecule has 0 radical (unpaired) electrons. The molecule has 2 aromatic rings. The van der Waals surface area contributed by atoms with Gasteiger partial charge in [0.15, 0.2) is 0 Å². The Labute approximate surface area is 95.2 Å². The van der Waals surface area contributed by atoms with E-state index in [2.05, 4.69) is 35.3 Å². The van der Waals surface area contributed by atoms with Gasteiger partial charge in [0.2, 0.25) is 0 Å². The Morgan fingerprint density at radius 1 is 1.19 bits per heavy atom. The van der Waals surface area contributed by atoms with Gasteiger partial charge < -0.3 is 5.73 Å². The van der Waals surface area contributed by atoms with Crippen LogP contribution in [-0.2, 0) is 19.3 Å². The van der Waals surface area contributed by atoms with Crippen molar-refractivity contribution >= 4 is 11.0 Å². The summed E-state index contributed by atoms with van der Waals surface area (Å²) in [5.74, 6) is 0. The maximum Gasteiger partial charge on any atom is 0.116 e. The molecule has 3 N–H and O–H groups in total. The van der Waals surface area contributed by atoms with Crippen LogP contribution < -0.4 is 5.73 Å². The first-order valence-corrected chi connectivity index (χ1v) is 5.85. The molecule has 0 aliphatic carbocycles. The minimum atomic E-state index is 0.655. The summed E-state index contributed by atoms with van der Waals surface area (Å²) in [5, 5.41) is 11.1. The van der Waals surface area contributed by atoms with E-state index < -0.39 is 0 Å². The third-order valence-electron chi connectivity index (χ3n) is 3.05. The van der Waals surface area contributed by atoms with Crippen LogP contribution in [0.25, 0.3) is 11.0 Å². The SMILES string of the molecule is CCc1cc2n[nH]nc2c(CCN)c1CC. The summed E-state index contributed by atoms with van der Waals surface area (Å²) in [6.45, 7) is 5.01. The van der Waals surface area contributed by atoms with Crippen LogP contribution in [0.1, 0.15) is 30.5 Å². The fraction of sp³-hybridized carbons (Fsp3) is 0.500. The molecule has 0 saturated heterocycles. The maximum absolute atomic E-state index is 5.68. The monoisotopic (exact) mass is 218 g/mol. The van der Waals surface area contributed by atoms with Gasteiger partial charge in [0.1, 0.15) is 11.0 Å². The number of benzene rings is 1. The summed E-state index contributed by atoms with van der Waals surface area (Å²) in [7, 11) is 0. The second-order valence-corrected chi connectivity index (χ2v) is 3.93. The van der Waals surface area contributed by atoms with Crippen molar-refractivity contribution in [3.63, 3.8) is 0 Å². The lowest BCUT2D eigenvalue weighted by Crippen LogP contribution is -2.08. The van der Waals surface area contributed by atoms with E-state index in [-0.39, 0.29) is 0 Å². The smallest absolute Gasteiger partial charge is 0.116 e. The number of fused-ring (bicyclic) bond motifs is 1. The van der Waals surface area contributed by atoms with Gasteiger partial charge >= 0.3 is 0 Å². The highest BCUT2D eigenvalue weighted by atomic mass is 15.3. The zero-order chi connectivity index (χ0) is 11.5. The zero-order valence-electron chi connectivity index (χ0n) is 9.88. The van der Waals surface area contributed by atoms with Crippen LogP contribution >= 0.6 is 0 Å². The summed E-state index contributed by atoms with van der Waals surface area (Å²) in [5.41, 5.74) is 11.7. The van der Waals surface area contributed by atoms with Crippen molar-refractivity contribution in [1.29, 1.82) is 0 Å². The minimum absolute atomic E-state index is 0.655. The molecule has 4 heteroatoms. The number of nitrogens with two attached hydrogens (primary N) is 1. The number of aromatic amines is 1. The summed E-state index contributed by atoms with van der Waals surface area (Å²) in [6.07, 6.45) is 2.94. The molecular formula is C12H18N4. The van der Waals surface area contributed by atoms with Crippen molar-refractivity contribution in [2.75, 3.05) is 6.54 Å². The van der Waals surface area contributed by atoms with Crippen LogP contribution in [0.5, 0.6) is 0 Å². The van der Waals surface area contributed by atoms with Gasteiger partial charge in [0.05, 0.1) is 0 Å². The Morgan fingerprint density at radius 2 is 2.00 bits per heavy atom. The summed E-state index contributed by atoms with van der Waals surface area (Å²) in [4.78, 5) is 0. The Hall–Kier alpha value is -1.42. The third kappa shape index (κ3) is 1.69. The van der Waals surface area contributed by atoms with Crippen LogP contribution in [0.15, 0.2) is 6.07 Å². The van der Waals surface area contributed by atoms with E-state index in [9.17, 15) is 0 Å². The standard InChI is InChI=1S/C12H18N4/c1-3-8-7-11-12(15-16-14-11)10(5-6-13)9(8)4-2/h7H,3-6,13H2,1-2H3,(H,14,15,16). The van der Waals surface area contributed by atoms with Gasteiger partial charge in [-0.2, -0.15) is 15.4 Å². The normalized spacial score (nSPS) is 11.2. The molecule has 0 aliphatic rings. The van der Waals surface area contributed by atoms with Crippen LogP contribution in [0.4, 0.5) is 0 Å². The fourth-order valence-corrected chi connectivity index (χ4v) is 2.32. The first-order chi connectivity index (χ1) is 7.81. The topological polar surface area (TPSA) is 67.6 Å². The van der Waals surface area contributed by atoms with E-state index in [1.807, 2.05) is 0 Å². The molecule has 16 heavy (non-hydrogen) atoms. The Kier molecular flexibility index (Phi) is 3.19. The third-order valence-corrected chi connectivity index (χ3v) is 3.05. The second-order valence-electron chi connectivity index (χ2n) is 3.93. The lowest BCUT2D eigenvalue weighted by atomic mass is 9.94. The summed E-state index contributed by atoms with van der Waals surface area (Å²) < 4.78 is 0. The van der Waals surface area contributed by atoms with Crippen molar-refractivity contribution in [3.05, 3.63) is 22.8 Å². The average Bonchev–Trinajstić information content (AvgIpc) is 2.76. The van der Waals surface area contributed by atoms with Gasteiger partial charge in [-0.15, -0.1) is 0 Å². The van der Waals surface area contributed by atoms with Crippen molar-refractivity contribution in [1.82, 2.24) is 15.4 Å². The Bertz CT molecular complexity index is 487. The number of hydrogen-bond acceptors (Lipinski definition) is 3. The molecule has 4 nitrogen and oxygen atoms in total. The molecular weight excluding hydrogens is 200 g/mol. The quantitative estimate of drug-likeness (QED) is 0.818. The number of aryl methyl sites for hydroxylation is 1. The molecule has 0 fully saturated rings. The number of H-pyrrole nitrogens is 1. The van der Waals surface area contributed by atoms with E-state index >= 15 is 0 Å². The molecule has 0 saturated carbocycles. The Balaban J connectivity index is 2.71. The lowest BCUT2D eigenvalue weighted by molar-refractivity contribution is 0.921. The second kappa shape index (κ2) is 4.61. The maximum atomic E-state index is 5.68. The van der Waals surface area contributed by atoms with E-state index in [0.29, 0.717) is 6.54 Å². The lowest BCUT2D eigenvalue weighted by Gasteiger charge is -2.12. The Morgan fingerprint density at radius 3 is 2.62 bits per heavy atom. The van der Waals surface area contributed by atoms with Crippen LogP contribution in [0.2, 0.25) is 0 Å². The molecule has 0 aliphatic heterocycles. The van der Waals surface area contributed by atoms with Crippen molar-refractivity contribution in [3.8, 4) is 0 Å². The van der Waals surface area contributed by atoms with Gasteiger partial charge in [0.25, 0.3) is 0 Å². The van der Waals surface area contributed by atoms with Crippen LogP contribution in [0.3, 0.4) is 0 Å². The van der Waals surface area contributed by atoms with Gasteiger partial charge in [-0.1, -0.05) is 13.8 Å². The highest BCUT2D eigenvalue weighted by Crippen LogP contribution is 2.24. The number of nitrogens with zero attached hydrogens (tertiary/aromatic N) is 2. The number of nitrogens with one attached hydrogen (secondary N) is 1. The van der Waals surface area contributed by atoms with Crippen molar-refractivity contribution < 1.29 is 0 Å². The van der Waals surface area contributed by atoms with Gasteiger partial charge in [0, 0.05) is 0 Å². The predicted molar refractivity (Wildman–Crippen MR) is 65.4 cm³/mol. The molecule has 2 rings (SSSR count). The van der Waals surface area contributed by atoms with E-state index in [1.165, 1.54) is 16.7 Å². The van der Waals surface area contributed by atoms with Gasteiger partial charge in [-0.3, -0.25) is 0 Å². The molecule has 0 spiro atoms. The van der Waals surface area contributed by atoms with Crippen LogP contribution in [0, 0.1) is 0 Å². The van der Waals surface area contributed by atoms with Gasteiger partial charge in [-0.25, -0.2) is 0 Å². The first-order valence-electron chi connectivity index (χ1n) is 5.85. The minimum Gasteiger partial charge on any atom is -0.330 e. The molecule has 0 atom stereocenters. The molecule has 0 bridgehead atoms. The number of hydrogen-bond donors (Lipinski definition) is 2. The van der Waals surface area contributed by atoms with E-state index in [0.717, 1.165) is 30.3 Å². The zero-order valence-corrected chi connectivity index (χ0v) is 9.88. The van der Waals surface area contributed by atoms with Crippen LogP contribution in [-0.4, -0.2) is 22.0 Å². The first kappa shape index (κ1) is 11.1. The molecule has 86 valence electrons. The molecule has 0 unspecified atom stereocenters. The van der Waals surface area contributed by atoms with Crippen molar-refractivity contribution in [2.45, 2.75) is 33.1 Å². The largest absolute Gasteiger partial charge is 0.330 e. The highest BCUT2D eigenvalue weighted by molar-refractivity contribution is 5.80. The summed E-state index contributed by atoms with van der Waals surface area (Å²) >= 11 is 0. The average molecular weight is 218 g/mol. The van der Waals surface area contributed by atoms with E-state index in [4.69, 9.17) is 5.73 Å².